The Balaban J connectivity index is 1.85. The number of hydrogen-bond donors (Lipinski definition) is 2. The Kier molecular flexibility index (Phi) is 3.85. The van der Waals surface area contributed by atoms with Gasteiger partial charge in [0.25, 0.3) is 11.8 Å². The first-order valence-electron chi connectivity index (χ1n) is 7.27. The van der Waals surface area contributed by atoms with Crippen LogP contribution in [0.25, 0.3) is 10.9 Å². The highest BCUT2D eigenvalue weighted by Gasteiger charge is 2.13. The van der Waals surface area contributed by atoms with Crippen molar-refractivity contribution in [1.29, 1.82) is 0 Å². The number of aryl methyl sites for hydroxylation is 1. The Hall–Kier alpha value is -3.08. The summed E-state index contributed by atoms with van der Waals surface area (Å²) in [5.41, 5.74) is 2.83. The van der Waals surface area contributed by atoms with E-state index in [-0.39, 0.29) is 11.8 Å². The molecule has 0 aliphatic rings. The number of fused-ring (bicyclic) bond motifs is 1. The molecule has 5 heteroatoms. The number of rotatable bonds is 3. The Labute approximate surface area is 133 Å². The van der Waals surface area contributed by atoms with Gasteiger partial charge in [0.05, 0.1) is 5.56 Å². The zero-order valence-corrected chi connectivity index (χ0v) is 13.0. The molecule has 5 nitrogen and oxygen atoms in total. The third kappa shape index (κ3) is 2.81. The number of benzene rings is 2. The van der Waals surface area contributed by atoms with E-state index in [1.54, 1.807) is 31.3 Å². The van der Waals surface area contributed by atoms with Gasteiger partial charge in [-0.15, -0.1) is 0 Å². The zero-order valence-electron chi connectivity index (χ0n) is 13.0. The predicted octanol–water partition coefficient (Wildman–Crippen LogP) is 2.79. The number of aromatic nitrogens is 1. The van der Waals surface area contributed by atoms with Crippen molar-refractivity contribution in [3.63, 3.8) is 0 Å². The van der Waals surface area contributed by atoms with E-state index in [1.807, 2.05) is 42.1 Å². The van der Waals surface area contributed by atoms with Gasteiger partial charge >= 0.3 is 0 Å². The summed E-state index contributed by atoms with van der Waals surface area (Å²) in [7, 11) is 3.50. The minimum atomic E-state index is -0.172. The van der Waals surface area contributed by atoms with Gasteiger partial charge in [-0.3, -0.25) is 9.59 Å². The van der Waals surface area contributed by atoms with Gasteiger partial charge in [-0.2, -0.15) is 0 Å². The van der Waals surface area contributed by atoms with Crippen LogP contribution in [0.5, 0.6) is 0 Å². The summed E-state index contributed by atoms with van der Waals surface area (Å²) in [6, 6.07) is 14.6. The predicted molar refractivity (Wildman–Crippen MR) is 90.7 cm³/mol. The van der Waals surface area contributed by atoms with Crippen molar-refractivity contribution in [2.24, 2.45) is 7.05 Å². The number of anilines is 1. The molecule has 0 atom stereocenters. The molecule has 116 valence electrons. The summed E-state index contributed by atoms with van der Waals surface area (Å²) in [6.45, 7) is 0. The third-order valence-corrected chi connectivity index (χ3v) is 3.77. The first-order chi connectivity index (χ1) is 11.1. The average Bonchev–Trinajstić information content (AvgIpc) is 2.92. The van der Waals surface area contributed by atoms with E-state index in [0.717, 1.165) is 10.9 Å². The molecule has 3 rings (SSSR count). The molecular weight excluding hydrogens is 290 g/mol. The molecule has 0 aliphatic heterocycles. The van der Waals surface area contributed by atoms with Crippen LogP contribution in [0.15, 0.2) is 54.7 Å². The van der Waals surface area contributed by atoms with Crippen LogP contribution in [0, 0.1) is 0 Å². The molecule has 1 aromatic heterocycles. The maximum absolute atomic E-state index is 12.5. The molecular formula is C18H17N3O2. The number of hydrogen-bond acceptors (Lipinski definition) is 2. The monoisotopic (exact) mass is 307 g/mol. The number of carbonyl (C=O) groups is 2. The van der Waals surface area contributed by atoms with Crippen molar-refractivity contribution in [3.05, 3.63) is 65.9 Å². The van der Waals surface area contributed by atoms with Gasteiger partial charge in [0, 0.05) is 42.4 Å². The molecule has 0 fully saturated rings. The van der Waals surface area contributed by atoms with Gasteiger partial charge in [-0.25, -0.2) is 0 Å². The van der Waals surface area contributed by atoms with Gasteiger partial charge in [0.15, 0.2) is 0 Å². The molecule has 3 aromatic rings. The largest absolute Gasteiger partial charge is 0.355 e. The van der Waals surface area contributed by atoms with Crippen molar-refractivity contribution in [2.45, 2.75) is 0 Å². The average molecular weight is 307 g/mol. The molecule has 2 aromatic carbocycles. The molecule has 0 saturated heterocycles. The van der Waals surface area contributed by atoms with Gasteiger partial charge in [-0.05, 0) is 30.3 Å². The summed E-state index contributed by atoms with van der Waals surface area (Å²) in [5.74, 6) is -0.327. The highest BCUT2D eigenvalue weighted by atomic mass is 16.2. The standard InChI is InChI=1S/C18H17N3O2/c1-19-17(22)12-7-9-13(10-8-12)20-18(23)15-11-21(2)16-6-4-3-5-14(15)16/h3-11H,1-2H3,(H,19,22)(H,20,23). The Morgan fingerprint density at radius 2 is 1.65 bits per heavy atom. The highest BCUT2D eigenvalue weighted by Crippen LogP contribution is 2.21. The van der Waals surface area contributed by atoms with E-state index in [2.05, 4.69) is 10.6 Å². The summed E-state index contributed by atoms with van der Waals surface area (Å²) >= 11 is 0. The summed E-state index contributed by atoms with van der Waals surface area (Å²) in [6.07, 6.45) is 1.82. The van der Waals surface area contributed by atoms with Crippen LogP contribution < -0.4 is 10.6 Å². The van der Waals surface area contributed by atoms with Crippen LogP contribution in [0.1, 0.15) is 20.7 Å². The number of amides is 2. The van der Waals surface area contributed by atoms with E-state index in [9.17, 15) is 9.59 Å². The third-order valence-electron chi connectivity index (χ3n) is 3.77. The molecule has 2 amide bonds. The second-order valence-electron chi connectivity index (χ2n) is 5.28. The summed E-state index contributed by atoms with van der Waals surface area (Å²) in [4.78, 5) is 24.0. The Morgan fingerprint density at radius 3 is 2.35 bits per heavy atom. The normalized spacial score (nSPS) is 10.5. The first kappa shape index (κ1) is 14.8. The van der Waals surface area contributed by atoms with E-state index in [1.165, 1.54) is 0 Å². The van der Waals surface area contributed by atoms with Crippen LogP contribution in [-0.2, 0) is 7.05 Å². The fourth-order valence-electron chi connectivity index (χ4n) is 2.57. The molecule has 0 radical (unpaired) electrons. The van der Waals surface area contributed by atoms with Crippen molar-refractivity contribution >= 4 is 28.4 Å². The van der Waals surface area contributed by atoms with Crippen molar-refractivity contribution in [3.8, 4) is 0 Å². The fourth-order valence-corrected chi connectivity index (χ4v) is 2.57. The Morgan fingerprint density at radius 1 is 0.957 bits per heavy atom. The van der Waals surface area contributed by atoms with E-state index in [0.29, 0.717) is 16.8 Å². The van der Waals surface area contributed by atoms with Crippen molar-refractivity contribution < 1.29 is 9.59 Å². The van der Waals surface area contributed by atoms with E-state index in [4.69, 9.17) is 0 Å². The second-order valence-corrected chi connectivity index (χ2v) is 5.28. The van der Waals surface area contributed by atoms with Crippen LogP contribution >= 0.6 is 0 Å². The molecule has 1 heterocycles. The summed E-state index contributed by atoms with van der Waals surface area (Å²) in [5, 5.41) is 6.34. The molecule has 23 heavy (non-hydrogen) atoms. The molecule has 0 bridgehead atoms. The van der Waals surface area contributed by atoms with Gasteiger partial charge in [0.1, 0.15) is 0 Å². The highest BCUT2D eigenvalue weighted by molar-refractivity contribution is 6.13. The summed E-state index contributed by atoms with van der Waals surface area (Å²) < 4.78 is 1.93. The maximum Gasteiger partial charge on any atom is 0.257 e. The minimum absolute atomic E-state index is 0.156. The molecule has 2 N–H and O–H groups in total. The number of nitrogens with zero attached hydrogens (tertiary/aromatic N) is 1. The number of carbonyl (C=O) groups excluding carboxylic acids is 2. The quantitative estimate of drug-likeness (QED) is 0.781. The Bertz CT molecular complexity index is 879. The van der Waals surface area contributed by atoms with Crippen LogP contribution in [0.3, 0.4) is 0 Å². The molecule has 0 unspecified atom stereocenters. The molecule has 0 saturated carbocycles. The van der Waals surface area contributed by atoms with E-state index < -0.39 is 0 Å². The van der Waals surface area contributed by atoms with Crippen LogP contribution in [-0.4, -0.2) is 23.4 Å². The molecule has 0 spiro atoms. The van der Waals surface area contributed by atoms with Crippen molar-refractivity contribution in [2.75, 3.05) is 12.4 Å². The zero-order chi connectivity index (χ0) is 16.4. The van der Waals surface area contributed by atoms with Crippen LogP contribution in [0.2, 0.25) is 0 Å². The first-order valence-corrected chi connectivity index (χ1v) is 7.27. The molecule has 0 aliphatic carbocycles. The fraction of sp³-hybridized carbons (Fsp3) is 0.111. The van der Waals surface area contributed by atoms with Gasteiger partial charge in [-0.1, -0.05) is 18.2 Å². The van der Waals surface area contributed by atoms with Crippen molar-refractivity contribution in [1.82, 2.24) is 9.88 Å². The maximum atomic E-state index is 12.5. The smallest absolute Gasteiger partial charge is 0.257 e. The number of nitrogens with one attached hydrogen (secondary N) is 2. The lowest BCUT2D eigenvalue weighted by Gasteiger charge is -2.05. The van der Waals surface area contributed by atoms with Gasteiger partial charge in [0.2, 0.25) is 0 Å². The minimum Gasteiger partial charge on any atom is -0.355 e. The topological polar surface area (TPSA) is 63.1 Å². The lowest BCUT2D eigenvalue weighted by Crippen LogP contribution is -2.17. The van der Waals surface area contributed by atoms with Crippen LogP contribution in [0.4, 0.5) is 5.69 Å². The van der Waals surface area contributed by atoms with E-state index >= 15 is 0 Å². The SMILES string of the molecule is CNC(=O)c1ccc(NC(=O)c2cn(C)c3ccccc23)cc1. The lowest BCUT2D eigenvalue weighted by atomic mass is 10.1. The lowest BCUT2D eigenvalue weighted by molar-refractivity contribution is 0.0962. The second kappa shape index (κ2) is 5.96. The van der Waals surface area contributed by atoms with Gasteiger partial charge < -0.3 is 15.2 Å². The number of para-hydroxylation sites is 1.